The van der Waals surface area contributed by atoms with E-state index in [1.807, 2.05) is 6.07 Å². The quantitative estimate of drug-likeness (QED) is 0.588. The minimum absolute atomic E-state index is 0.0149. The van der Waals surface area contributed by atoms with Gasteiger partial charge < -0.3 is 19.1 Å². The Balaban J connectivity index is 2.63. The van der Waals surface area contributed by atoms with Crippen LogP contribution in [0.2, 0.25) is 0 Å². The van der Waals surface area contributed by atoms with E-state index < -0.39 is 11.9 Å². The first-order valence-corrected chi connectivity index (χ1v) is 6.81. The fourth-order valence-corrected chi connectivity index (χ4v) is 2.29. The first-order chi connectivity index (χ1) is 11.6. The molecule has 8 nitrogen and oxygen atoms in total. The Morgan fingerprint density at radius 3 is 2.58 bits per heavy atom. The summed E-state index contributed by atoms with van der Waals surface area (Å²) in [6.45, 7) is -0.193. The minimum Gasteiger partial charge on any atom is -0.466 e. The summed E-state index contributed by atoms with van der Waals surface area (Å²) in [6.07, 6.45) is 0.605. The second kappa shape index (κ2) is 7.39. The number of carbonyl (C=O) groups is 3. The van der Waals surface area contributed by atoms with Crippen molar-refractivity contribution in [2.75, 3.05) is 32.5 Å². The topological polar surface area (TPSA) is 106 Å². The van der Waals surface area contributed by atoms with Crippen molar-refractivity contribution in [3.05, 3.63) is 40.6 Å². The molecule has 1 aliphatic heterocycles. The third-order valence-corrected chi connectivity index (χ3v) is 3.40. The summed E-state index contributed by atoms with van der Waals surface area (Å²) in [5, 5.41) is 9.32. The average Bonchev–Trinajstić information content (AvgIpc) is 2.65. The van der Waals surface area contributed by atoms with Gasteiger partial charge in [-0.25, -0.2) is 9.59 Å². The Morgan fingerprint density at radius 1 is 1.29 bits per heavy atom. The normalized spacial score (nSPS) is 14.0. The molecule has 0 fully saturated rings. The molecule has 0 radical (unpaired) electrons. The average molecular weight is 330 g/mol. The molecule has 0 aliphatic carbocycles. The summed E-state index contributed by atoms with van der Waals surface area (Å²) < 4.78 is 14.7. The Labute approximate surface area is 137 Å². The number of benzene rings is 1. The molecule has 0 amide bonds. The molecule has 24 heavy (non-hydrogen) atoms. The van der Waals surface area contributed by atoms with Crippen LogP contribution in [0.1, 0.15) is 15.9 Å². The molecule has 2 rings (SSSR count). The van der Waals surface area contributed by atoms with Crippen molar-refractivity contribution in [3.8, 4) is 6.07 Å². The first-order valence-electron chi connectivity index (χ1n) is 6.81. The van der Waals surface area contributed by atoms with Gasteiger partial charge >= 0.3 is 11.9 Å². The SMILES string of the molecule is COC(=O)C1=C(C(=O)OC)N(c2ccc(C=O)cc2C#N)COC1. The largest absolute Gasteiger partial charge is 0.466 e. The Bertz CT molecular complexity index is 762. The zero-order chi connectivity index (χ0) is 17.7. The van der Waals surface area contributed by atoms with E-state index in [9.17, 15) is 19.6 Å². The van der Waals surface area contributed by atoms with E-state index in [2.05, 4.69) is 4.74 Å². The van der Waals surface area contributed by atoms with Crippen LogP contribution in [0, 0.1) is 11.3 Å². The van der Waals surface area contributed by atoms with E-state index in [-0.39, 0.29) is 30.2 Å². The van der Waals surface area contributed by atoms with Gasteiger partial charge in [0.1, 0.15) is 24.8 Å². The summed E-state index contributed by atoms with van der Waals surface area (Å²) in [7, 11) is 2.36. The monoisotopic (exact) mass is 330 g/mol. The van der Waals surface area contributed by atoms with Crippen molar-refractivity contribution in [2.45, 2.75) is 0 Å². The van der Waals surface area contributed by atoms with Crippen LogP contribution in [0.5, 0.6) is 0 Å². The van der Waals surface area contributed by atoms with E-state index in [4.69, 9.17) is 9.47 Å². The van der Waals surface area contributed by atoms with Gasteiger partial charge in [0, 0.05) is 5.56 Å². The maximum atomic E-state index is 12.2. The molecule has 1 aliphatic rings. The molecule has 0 atom stereocenters. The Kier molecular flexibility index (Phi) is 5.29. The van der Waals surface area contributed by atoms with Crippen LogP contribution in [-0.4, -0.2) is 45.8 Å². The van der Waals surface area contributed by atoms with Crippen molar-refractivity contribution in [3.63, 3.8) is 0 Å². The minimum atomic E-state index is -0.762. The second-order valence-electron chi connectivity index (χ2n) is 4.72. The predicted octanol–water partition coefficient (Wildman–Crippen LogP) is 0.765. The van der Waals surface area contributed by atoms with Crippen molar-refractivity contribution in [1.82, 2.24) is 0 Å². The maximum absolute atomic E-state index is 12.2. The van der Waals surface area contributed by atoms with E-state index in [1.165, 1.54) is 37.3 Å². The van der Waals surface area contributed by atoms with Gasteiger partial charge in [-0.05, 0) is 18.2 Å². The first kappa shape index (κ1) is 17.2. The van der Waals surface area contributed by atoms with Gasteiger partial charge in [0.05, 0.1) is 37.7 Å². The smallest absolute Gasteiger partial charge is 0.355 e. The lowest BCUT2D eigenvalue weighted by molar-refractivity contribution is -0.140. The van der Waals surface area contributed by atoms with E-state index in [1.54, 1.807) is 0 Å². The number of rotatable bonds is 4. The predicted molar refractivity (Wildman–Crippen MR) is 80.9 cm³/mol. The molecule has 0 aromatic heterocycles. The van der Waals surface area contributed by atoms with Gasteiger partial charge in [0.15, 0.2) is 0 Å². The number of nitrogens with zero attached hydrogens (tertiary/aromatic N) is 2. The van der Waals surface area contributed by atoms with Crippen LogP contribution in [0.4, 0.5) is 5.69 Å². The van der Waals surface area contributed by atoms with Gasteiger partial charge in [-0.3, -0.25) is 4.79 Å². The highest BCUT2D eigenvalue weighted by Gasteiger charge is 2.33. The second-order valence-corrected chi connectivity index (χ2v) is 4.72. The zero-order valence-corrected chi connectivity index (χ0v) is 13.1. The lowest BCUT2D eigenvalue weighted by Gasteiger charge is -2.31. The summed E-state index contributed by atoms with van der Waals surface area (Å²) in [6, 6.07) is 6.32. The lowest BCUT2D eigenvalue weighted by atomic mass is 10.1. The highest BCUT2D eigenvalue weighted by molar-refractivity contribution is 6.03. The van der Waals surface area contributed by atoms with E-state index in [0.717, 1.165) is 0 Å². The van der Waals surface area contributed by atoms with Gasteiger partial charge in [0.2, 0.25) is 0 Å². The van der Waals surface area contributed by atoms with Gasteiger partial charge in [-0.15, -0.1) is 0 Å². The molecule has 1 aromatic carbocycles. The number of methoxy groups -OCH3 is 2. The zero-order valence-electron chi connectivity index (χ0n) is 13.1. The third kappa shape index (κ3) is 3.11. The van der Waals surface area contributed by atoms with Crippen molar-refractivity contribution in [1.29, 1.82) is 5.26 Å². The van der Waals surface area contributed by atoms with Crippen molar-refractivity contribution >= 4 is 23.9 Å². The number of hydrogen-bond acceptors (Lipinski definition) is 8. The number of carbonyl (C=O) groups excluding carboxylic acids is 3. The lowest BCUT2D eigenvalue weighted by Crippen LogP contribution is -2.39. The van der Waals surface area contributed by atoms with Crippen LogP contribution < -0.4 is 4.90 Å². The Morgan fingerprint density at radius 2 is 2.00 bits per heavy atom. The number of aldehydes is 1. The van der Waals surface area contributed by atoms with Crippen LogP contribution in [0.25, 0.3) is 0 Å². The molecule has 0 unspecified atom stereocenters. The van der Waals surface area contributed by atoms with Crippen molar-refractivity contribution in [2.24, 2.45) is 0 Å². The van der Waals surface area contributed by atoms with Crippen LogP contribution in [0.3, 0.4) is 0 Å². The third-order valence-electron chi connectivity index (χ3n) is 3.40. The molecular formula is C16H14N2O6. The van der Waals surface area contributed by atoms with Crippen LogP contribution in [-0.2, 0) is 23.8 Å². The van der Waals surface area contributed by atoms with Crippen LogP contribution in [0.15, 0.2) is 29.5 Å². The van der Waals surface area contributed by atoms with Gasteiger partial charge in [-0.1, -0.05) is 0 Å². The standard InChI is InChI=1S/C16H14N2O6/c1-22-15(20)12-8-24-9-18(14(12)16(21)23-2)13-4-3-10(7-19)5-11(13)6-17/h3-5,7H,8-9H2,1-2H3. The highest BCUT2D eigenvalue weighted by atomic mass is 16.5. The van der Waals surface area contributed by atoms with Crippen molar-refractivity contribution < 1.29 is 28.6 Å². The summed E-state index contributed by atoms with van der Waals surface area (Å²) in [5.74, 6) is -1.50. The summed E-state index contributed by atoms with van der Waals surface area (Å²) >= 11 is 0. The molecule has 124 valence electrons. The maximum Gasteiger partial charge on any atom is 0.355 e. The fourth-order valence-electron chi connectivity index (χ4n) is 2.29. The molecular weight excluding hydrogens is 316 g/mol. The molecule has 0 bridgehead atoms. The molecule has 0 saturated carbocycles. The molecule has 1 heterocycles. The number of hydrogen-bond donors (Lipinski definition) is 0. The summed E-state index contributed by atoms with van der Waals surface area (Å²) in [4.78, 5) is 36.3. The van der Waals surface area contributed by atoms with E-state index >= 15 is 0 Å². The summed E-state index contributed by atoms with van der Waals surface area (Å²) in [5.41, 5.74) is 0.690. The molecule has 0 N–H and O–H groups in total. The number of esters is 2. The van der Waals surface area contributed by atoms with E-state index in [0.29, 0.717) is 17.5 Å². The van der Waals surface area contributed by atoms with Gasteiger partial charge in [0.25, 0.3) is 0 Å². The Hall–Kier alpha value is -3.18. The highest BCUT2D eigenvalue weighted by Crippen LogP contribution is 2.29. The molecule has 1 aromatic rings. The van der Waals surface area contributed by atoms with Gasteiger partial charge in [-0.2, -0.15) is 5.26 Å². The number of nitriles is 1. The van der Waals surface area contributed by atoms with Crippen LogP contribution >= 0.6 is 0 Å². The number of anilines is 1. The molecule has 0 saturated heterocycles. The number of ether oxygens (including phenoxy) is 3. The molecule has 8 heteroatoms. The fraction of sp³-hybridized carbons (Fsp3) is 0.250. The molecule has 0 spiro atoms.